The number of nitrogens with one attached hydrogen (secondary N) is 1. The summed E-state index contributed by atoms with van der Waals surface area (Å²) in [5.41, 5.74) is 7.94. The molecule has 4 nitrogen and oxygen atoms in total. The van der Waals surface area contributed by atoms with Crippen molar-refractivity contribution in [1.82, 2.24) is 4.98 Å². The Kier molecular flexibility index (Phi) is 9.33. The lowest BCUT2D eigenvalue weighted by atomic mass is 10.0. The largest absolute Gasteiger partial charge is 0.369 e. The number of anilines is 3. The zero-order valence-electron chi connectivity index (χ0n) is 22.2. The molecule has 0 atom stereocenters. The van der Waals surface area contributed by atoms with E-state index < -0.39 is 0 Å². The molecule has 5 rings (SSSR count). The molecule has 0 aliphatic carbocycles. The van der Waals surface area contributed by atoms with Gasteiger partial charge in [-0.15, -0.1) is 23.2 Å². The first-order valence-corrected chi connectivity index (χ1v) is 14.5. The summed E-state index contributed by atoms with van der Waals surface area (Å²) in [5.74, 6) is 1.26. The van der Waals surface area contributed by atoms with Crippen LogP contribution in [0.2, 0.25) is 0 Å². The number of halogens is 2. The van der Waals surface area contributed by atoms with Crippen LogP contribution in [0.5, 0.6) is 0 Å². The molecule has 0 bridgehead atoms. The molecule has 1 heterocycles. The van der Waals surface area contributed by atoms with E-state index in [1.165, 1.54) is 0 Å². The van der Waals surface area contributed by atoms with Crippen molar-refractivity contribution in [2.75, 3.05) is 35.1 Å². The Hall–Kier alpha value is -3.86. The minimum absolute atomic E-state index is 0.180. The number of fused-ring (bicyclic) bond motifs is 1. The van der Waals surface area contributed by atoms with Gasteiger partial charge in [-0.1, -0.05) is 72.8 Å². The van der Waals surface area contributed by atoms with Crippen LogP contribution in [-0.4, -0.2) is 35.6 Å². The number of carbonyl (C=O) groups excluding carboxylic acids is 1. The maximum atomic E-state index is 12.8. The maximum absolute atomic E-state index is 12.8. The lowest BCUT2D eigenvalue weighted by molar-refractivity contribution is -0.117. The lowest BCUT2D eigenvalue weighted by Crippen LogP contribution is -2.27. The van der Waals surface area contributed by atoms with Gasteiger partial charge in [0.05, 0.1) is 16.9 Å². The van der Waals surface area contributed by atoms with Crippen LogP contribution in [0, 0.1) is 0 Å². The standard InChI is InChI=1S/C34H31Cl2N3O/c35-18-20-39(21-19-36)29-16-12-26(13-17-29)23-30(40)22-25-10-14-28(15-11-25)37-34-24-33(27-6-2-1-3-7-27)38-32-9-5-4-8-31(32)34/h1-17,24H,18-23H2,(H,37,38). The van der Waals surface area contributed by atoms with Crippen LogP contribution in [0.4, 0.5) is 17.1 Å². The fourth-order valence-electron chi connectivity index (χ4n) is 4.81. The van der Waals surface area contributed by atoms with E-state index in [1.54, 1.807) is 0 Å². The van der Waals surface area contributed by atoms with Crippen molar-refractivity contribution in [2.45, 2.75) is 12.8 Å². The van der Waals surface area contributed by atoms with Gasteiger partial charge in [0.15, 0.2) is 0 Å². The van der Waals surface area contributed by atoms with Crippen molar-refractivity contribution in [3.8, 4) is 11.3 Å². The summed E-state index contributed by atoms with van der Waals surface area (Å²) in [6, 6.07) is 36.6. The van der Waals surface area contributed by atoms with E-state index in [0.29, 0.717) is 24.6 Å². The molecule has 4 aromatic carbocycles. The molecule has 0 amide bonds. The Bertz CT molecular complexity index is 1550. The van der Waals surface area contributed by atoms with Crippen molar-refractivity contribution in [1.29, 1.82) is 0 Å². The maximum Gasteiger partial charge on any atom is 0.141 e. The molecule has 6 heteroatoms. The molecule has 0 aliphatic rings. The summed E-state index contributed by atoms with van der Waals surface area (Å²) in [5, 5.41) is 4.62. The van der Waals surface area contributed by atoms with E-state index in [1.807, 2.05) is 84.9 Å². The van der Waals surface area contributed by atoms with Gasteiger partial charge in [-0.2, -0.15) is 0 Å². The zero-order valence-corrected chi connectivity index (χ0v) is 23.7. The van der Waals surface area contributed by atoms with E-state index in [2.05, 4.69) is 34.5 Å². The number of Topliss-reactive ketones (excluding diaryl/α,β-unsaturated/α-hetero) is 1. The Morgan fingerprint density at radius 3 is 1.98 bits per heavy atom. The van der Waals surface area contributed by atoms with Gasteiger partial charge in [0.25, 0.3) is 0 Å². The summed E-state index contributed by atoms with van der Waals surface area (Å²) >= 11 is 11.9. The fraction of sp³-hybridized carbons (Fsp3) is 0.176. The van der Waals surface area contributed by atoms with Gasteiger partial charge >= 0.3 is 0 Å². The van der Waals surface area contributed by atoms with Gasteiger partial charge in [0, 0.05) is 60.0 Å². The lowest BCUT2D eigenvalue weighted by Gasteiger charge is -2.23. The molecule has 0 saturated heterocycles. The molecule has 0 unspecified atom stereocenters. The van der Waals surface area contributed by atoms with E-state index >= 15 is 0 Å². The number of nitrogens with zero attached hydrogens (tertiary/aromatic N) is 2. The first-order valence-electron chi connectivity index (χ1n) is 13.4. The van der Waals surface area contributed by atoms with E-state index in [-0.39, 0.29) is 5.78 Å². The molecule has 0 spiro atoms. The minimum atomic E-state index is 0.180. The third kappa shape index (κ3) is 7.01. The number of ketones is 1. The normalized spacial score (nSPS) is 10.9. The van der Waals surface area contributed by atoms with Gasteiger partial charge in [-0.25, -0.2) is 4.98 Å². The number of hydrogen-bond acceptors (Lipinski definition) is 4. The molecule has 202 valence electrons. The summed E-state index contributed by atoms with van der Waals surface area (Å²) in [6.45, 7) is 1.48. The van der Waals surface area contributed by atoms with Crippen LogP contribution in [0.3, 0.4) is 0 Å². The van der Waals surface area contributed by atoms with Crippen molar-refractivity contribution in [2.24, 2.45) is 0 Å². The predicted molar refractivity (Wildman–Crippen MR) is 169 cm³/mol. The molecule has 40 heavy (non-hydrogen) atoms. The second kappa shape index (κ2) is 13.5. The van der Waals surface area contributed by atoms with Crippen molar-refractivity contribution >= 4 is 57.0 Å². The van der Waals surface area contributed by atoms with Crippen molar-refractivity contribution in [3.05, 3.63) is 120 Å². The van der Waals surface area contributed by atoms with Crippen LogP contribution in [0.15, 0.2) is 109 Å². The van der Waals surface area contributed by atoms with Gasteiger partial charge < -0.3 is 10.2 Å². The van der Waals surface area contributed by atoms with Gasteiger partial charge in [-0.05, 0) is 47.5 Å². The SMILES string of the molecule is O=C(Cc1ccc(Nc2cc(-c3ccccc3)nc3ccccc23)cc1)Cc1ccc(N(CCCl)CCCl)cc1. The highest BCUT2D eigenvalue weighted by Crippen LogP contribution is 2.30. The summed E-state index contributed by atoms with van der Waals surface area (Å²) < 4.78 is 0. The van der Waals surface area contributed by atoms with E-state index in [4.69, 9.17) is 28.2 Å². The van der Waals surface area contributed by atoms with Crippen LogP contribution in [0.25, 0.3) is 22.2 Å². The van der Waals surface area contributed by atoms with Gasteiger partial charge in [-0.3, -0.25) is 4.79 Å². The smallest absolute Gasteiger partial charge is 0.141 e. The molecule has 0 aliphatic heterocycles. The highest BCUT2D eigenvalue weighted by atomic mass is 35.5. The van der Waals surface area contributed by atoms with Crippen LogP contribution < -0.4 is 10.2 Å². The van der Waals surface area contributed by atoms with Crippen molar-refractivity contribution in [3.63, 3.8) is 0 Å². The van der Waals surface area contributed by atoms with Crippen LogP contribution >= 0.6 is 23.2 Å². The average molecular weight is 569 g/mol. The molecule has 0 fully saturated rings. The monoisotopic (exact) mass is 567 g/mol. The quantitative estimate of drug-likeness (QED) is 0.154. The predicted octanol–water partition coefficient (Wildman–Crippen LogP) is 8.28. The number of aromatic nitrogens is 1. The zero-order chi connectivity index (χ0) is 27.7. The van der Waals surface area contributed by atoms with E-state index in [0.717, 1.165) is 63.4 Å². The van der Waals surface area contributed by atoms with Gasteiger partial charge in [0.1, 0.15) is 5.78 Å². The Balaban J connectivity index is 1.25. The molecule has 1 N–H and O–H groups in total. The molecule has 1 aromatic heterocycles. The molecular weight excluding hydrogens is 537 g/mol. The Labute approximate surface area is 245 Å². The highest BCUT2D eigenvalue weighted by Gasteiger charge is 2.10. The molecule has 0 saturated carbocycles. The summed E-state index contributed by atoms with van der Waals surface area (Å²) in [6.07, 6.45) is 0.791. The number of rotatable bonds is 12. The number of para-hydroxylation sites is 1. The Morgan fingerprint density at radius 1 is 0.725 bits per heavy atom. The van der Waals surface area contributed by atoms with Crippen LogP contribution in [0.1, 0.15) is 11.1 Å². The number of pyridine rings is 1. The fourth-order valence-corrected chi connectivity index (χ4v) is 5.22. The first-order chi connectivity index (χ1) is 19.6. The highest BCUT2D eigenvalue weighted by molar-refractivity contribution is 6.18. The number of alkyl halides is 2. The second-order valence-corrected chi connectivity index (χ2v) is 10.4. The van der Waals surface area contributed by atoms with E-state index in [9.17, 15) is 4.79 Å². The second-order valence-electron chi connectivity index (χ2n) is 9.68. The molecular formula is C34H31Cl2N3O. The third-order valence-electron chi connectivity index (χ3n) is 6.83. The van der Waals surface area contributed by atoms with Gasteiger partial charge in [0.2, 0.25) is 0 Å². The number of hydrogen-bond donors (Lipinski definition) is 1. The third-order valence-corrected chi connectivity index (χ3v) is 7.17. The van der Waals surface area contributed by atoms with Crippen LogP contribution in [-0.2, 0) is 17.6 Å². The summed E-state index contributed by atoms with van der Waals surface area (Å²) in [7, 11) is 0. The molecule has 5 aromatic rings. The average Bonchev–Trinajstić information content (AvgIpc) is 2.99. The topological polar surface area (TPSA) is 45.2 Å². The molecule has 0 radical (unpaired) electrons. The first kappa shape index (κ1) is 27.7. The Morgan fingerprint density at radius 2 is 1.32 bits per heavy atom. The van der Waals surface area contributed by atoms with Crippen molar-refractivity contribution < 1.29 is 4.79 Å². The number of benzene rings is 4. The summed E-state index contributed by atoms with van der Waals surface area (Å²) in [4.78, 5) is 19.9. The minimum Gasteiger partial charge on any atom is -0.369 e. The number of carbonyl (C=O) groups is 1.